The molecule has 2 saturated heterocycles. The second kappa shape index (κ2) is 9.04. The summed E-state index contributed by atoms with van der Waals surface area (Å²) in [4.78, 5) is 17.2. The Kier molecular flexibility index (Phi) is 7.34. The van der Waals surface area contributed by atoms with Gasteiger partial charge in [-0.15, -0.1) is 12.4 Å². The molecule has 2 aliphatic rings. The molecule has 0 radical (unpaired) electrons. The van der Waals surface area contributed by atoms with Crippen molar-refractivity contribution in [3.63, 3.8) is 0 Å². The molecule has 3 rings (SSSR count). The van der Waals surface area contributed by atoms with Gasteiger partial charge in [0.25, 0.3) is 0 Å². The van der Waals surface area contributed by atoms with Crippen molar-refractivity contribution in [3.05, 3.63) is 28.2 Å². The highest BCUT2D eigenvalue weighted by molar-refractivity contribution is 9.10. The standard InChI is InChI=1S/C17H24BrN3O2.ClH/c1-23-15-2-3-16(18)13(10-15)11-17(22)21-7-4-14(12-21)20-8-5-19-6-9-20;/h2-3,10,14,19H,4-9,11-12H2,1H3;1H. The third-order valence-corrected chi connectivity index (χ3v) is 5.55. The number of carbonyl (C=O) groups excluding carboxylic acids is 1. The minimum Gasteiger partial charge on any atom is -0.497 e. The van der Waals surface area contributed by atoms with Crippen LogP contribution < -0.4 is 10.1 Å². The summed E-state index contributed by atoms with van der Waals surface area (Å²) in [6.07, 6.45) is 1.51. The van der Waals surface area contributed by atoms with Gasteiger partial charge in [0.05, 0.1) is 13.5 Å². The Bertz CT molecular complexity index is 567. The number of benzene rings is 1. The number of rotatable bonds is 4. The van der Waals surface area contributed by atoms with E-state index in [1.807, 2.05) is 23.1 Å². The van der Waals surface area contributed by atoms with Crippen molar-refractivity contribution in [2.24, 2.45) is 0 Å². The number of likely N-dealkylation sites (tertiary alicyclic amines) is 1. The highest BCUT2D eigenvalue weighted by Crippen LogP contribution is 2.24. The summed E-state index contributed by atoms with van der Waals surface area (Å²) in [5.41, 5.74) is 0.986. The van der Waals surface area contributed by atoms with Crippen LogP contribution in [0, 0.1) is 0 Å². The van der Waals surface area contributed by atoms with Crippen LogP contribution >= 0.6 is 28.3 Å². The fraction of sp³-hybridized carbons (Fsp3) is 0.588. The van der Waals surface area contributed by atoms with Gasteiger partial charge in [0, 0.05) is 49.8 Å². The number of nitrogens with zero attached hydrogens (tertiary/aromatic N) is 2. The van der Waals surface area contributed by atoms with E-state index in [-0.39, 0.29) is 18.3 Å². The summed E-state index contributed by atoms with van der Waals surface area (Å²) in [5, 5.41) is 3.38. The van der Waals surface area contributed by atoms with Crippen LogP contribution in [0.15, 0.2) is 22.7 Å². The lowest BCUT2D eigenvalue weighted by Crippen LogP contribution is -2.49. The van der Waals surface area contributed by atoms with Crippen molar-refractivity contribution in [2.45, 2.75) is 18.9 Å². The van der Waals surface area contributed by atoms with Gasteiger partial charge in [-0.05, 0) is 30.2 Å². The molecule has 24 heavy (non-hydrogen) atoms. The van der Waals surface area contributed by atoms with Gasteiger partial charge in [-0.1, -0.05) is 15.9 Å². The molecule has 1 atom stereocenters. The summed E-state index contributed by atoms with van der Waals surface area (Å²) in [6.45, 7) is 6.03. The Balaban J connectivity index is 0.00000208. The number of halogens is 2. The van der Waals surface area contributed by atoms with E-state index in [1.165, 1.54) is 0 Å². The van der Waals surface area contributed by atoms with Gasteiger partial charge in [0.1, 0.15) is 5.75 Å². The smallest absolute Gasteiger partial charge is 0.227 e. The van der Waals surface area contributed by atoms with Crippen LogP contribution in [0.4, 0.5) is 0 Å². The fourth-order valence-corrected chi connectivity index (χ4v) is 3.79. The Hall–Kier alpha value is -0.820. The number of carbonyl (C=O) groups is 1. The molecule has 134 valence electrons. The molecule has 0 aliphatic carbocycles. The van der Waals surface area contributed by atoms with Crippen molar-refractivity contribution in [3.8, 4) is 5.75 Å². The minimum atomic E-state index is 0. The Morgan fingerprint density at radius 1 is 1.33 bits per heavy atom. The van der Waals surface area contributed by atoms with Crippen molar-refractivity contribution in [1.82, 2.24) is 15.1 Å². The molecule has 1 unspecified atom stereocenters. The average Bonchev–Trinajstić information content (AvgIpc) is 3.08. The van der Waals surface area contributed by atoms with Crippen LogP contribution in [0.5, 0.6) is 5.75 Å². The van der Waals surface area contributed by atoms with E-state index in [0.29, 0.717) is 12.5 Å². The molecule has 0 spiro atoms. The molecular formula is C17H25BrClN3O2. The summed E-state index contributed by atoms with van der Waals surface area (Å²) in [7, 11) is 1.65. The molecule has 7 heteroatoms. The molecule has 2 heterocycles. The Labute approximate surface area is 158 Å². The van der Waals surface area contributed by atoms with E-state index >= 15 is 0 Å². The van der Waals surface area contributed by atoms with E-state index in [4.69, 9.17) is 4.74 Å². The zero-order valence-corrected chi connectivity index (χ0v) is 16.4. The van der Waals surface area contributed by atoms with E-state index in [1.54, 1.807) is 7.11 Å². The number of hydrogen-bond acceptors (Lipinski definition) is 4. The largest absolute Gasteiger partial charge is 0.497 e. The molecule has 5 nitrogen and oxygen atoms in total. The lowest BCUT2D eigenvalue weighted by atomic mass is 10.1. The van der Waals surface area contributed by atoms with Crippen LogP contribution in [-0.2, 0) is 11.2 Å². The maximum absolute atomic E-state index is 12.6. The van der Waals surface area contributed by atoms with E-state index in [9.17, 15) is 4.79 Å². The monoisotopic (exact) mass is 417 g/mol. The summed E-state index contributed by atoms with van der Waals surface area (Å²) in [6, 6.07) is 6.30. The normalized spacial score (nSPS) is 21.4. The van der Waals surface area contributed by atoms with Crippen LogP contribution in [0.25, 0.3) is 0 Å². The third-order valence-electron chi connectivity index (χ3n) is 4.78. The lowest BCUT2D eigenvalue weighted by Gasteiger charge is -2.32. The second-order valence-electron chi connectivity index (χ2n) is 6.20. The highest BCUT2D eigenvalue weighted by atomic mass is 79.9. The van der Waals surface area contributed by atoms with E-state index in [2.05, 4.69) is 26.1 Å². The van der Waals surface area contributed by atoms with Gasteiger partial charge in [0.2, 0.25) is 5.91 Å². The first-order chi connectivity index (χ1) is 11.2. The topological polar surface area (TPSA) is 44.8 Å². The minimum absolute atomic E-state index is 0. The maximum atomic E-state index is 12.6. The summed E-state index contributed by atoms with van der Waals surface area (Å²) < 4.78 is 6.22. The summed E-state index contributed by atoms with van der Waals surface area (Å²) in [5.74, 6) is 0.993. The van der Waals surface area contributed by atoms with Crippen LogP contribution in [0.2, 0.25) is 0 Å². The predicted octanol–water partition coefficient (Wildman–Crippen LogP) is 1.93. The zero-order valence-electron chi connectivity index (χ0n) is 14.0. The SMILES string of the molecule is COc1ccc(Br)c(CC(=O)N2CCC(N3CCNCC3)C2)c1.Cl. The fourth-order valence-electron chi connectivity index (χ4n) is 3.40. The first kappa shape index (κ1) is 19.5. The zero-order chi connectivity index (χ0) is 16.2. The Morgan fingerprint density at radius 2 is 2.08 bits per heavy atom. The van der Waals surface area contributed by atoms with Crippen molar-refractivity contribution >= 4 is 34.2 Å². The van der Waals surface area contributed by atoms with Gasteiger partial charge >= 0.3 is 0 Å². The number of methoxy groups -OCH3 is 1. The average molecular weight is 419 g/mol. The Morgan fingerprint density at radius 3 is 2.79 bits per heavy atom. The maximum Gasteiger partial charge on any atom is 0.227 e. The highest BCUT2D eigenvalue weighted by Gasteiger charge is 2.30. The summed E-state index contributed by atoms with van der Waals surface area (Å²) >= 11 is 3.53. The second-order valence-corrected chi connectivity index (χ2v) is 7.06. The van der Waals surface area contributed by atoms with Crippen molar-refractivity contribution in [2.75, 3.05) is 46.4 Å². The van der Waals surface area contributed by atoms with Gasteiger partial charge in [0.15, 0.2) is 0 Å². The van der Waals surface area contributed by atoms with Crippen LogP contribution in [-0.4, -0.2) is 68.1 Å². The number of ether oxygens (including phenoxy) is 1. The van der Waals surface area contributed by atoms with E-state index in [0.717, 1.165) is 61.5 Å². The molecular weight excluding hydrogens is 394 g/mol. The predicted molar refractivity (Wildman–Crippen MR) is 101 cm³/mol. The molecule has 1 N–H and O–H groups in total. The molecule has 1 aromatic rings. The molecule has 1 amide bonds. The lowest BCUT2D eigenvalue weighted by molar-refractivity contribution is -0.129. The molecule has 0 bridgehead atoms. The molecule has 1 aromatic carbocycles. The number of amides is 1. The molecule has 0 aromatic heterocycles. The van der Waals surface area contributed by atoms with Gasteiger partial charge in [-0.25, -0.2) is 0 Å². The van der Waals surface area contributed by atoms with Gasteiger partial charge < -0.3 is 15.0 Å². The quantitative estimate of drug-likeness (QED) is 0.811. The van der Waals surface area contributed by atoms with Crippen molar-refractivity contribution in [1.29, 1.82) is 0 Å². The number of nitrogens with one attached hydrogen (secondary N) is 1. The molecule has 2 aliphatic heterocycles. The third kappa shape index (κ3) is 4.63. The molecule has 0 saturated carbocycles. The van der Waals surface area contributed by atoms with Crippen LogP contribution in [0.3, 0.4) is 0 Å². The first-order valence-electron chi connectivity index (χ1n) is 8.22. The first-order valence-corrected chi connectivity index (χ1v) is 9.01. The van der Waals surface area contributed by atoms with Gasteiger partial charge in [-0.3, -0.25) is 9.69 Å². The molecule has 2 fully saturated rings. The van der Waals surface area contributed by atoms with Gasteiger partial charge in [-0.2, -0.15) is 0 Å². The van der Waals surface area contributed by atoms with Crippen LogP contribution in [0.1, 0.15) is 12.0 Å². The van der Waals surface area contributed by atoms with Crippen molar-refractivity contribution < 1.29 is 9.53 Å². The number of piperazine rings is 1. The van der Waals surface area contributed by atoms with E-state index < -0.39 is 0 Å². The number of hydrogen-bond donors (Lipinski definition) is 1.